The van der Waals surface area contributed by atoms with Gasteiger partial charge in [-0.3, -0.25) is 14.5 Å². The van der Waals surface area contributed by atoms with Gasteiger partial charge >= 0.3 is 5.97 Å². The molecule has 1 aromatic rings. The molecule has 1 N–H and O–H groups in total. The number of carbonyl (C=O) groups excluding carboxylic acids is 1. The summed E-state index contributed by atoms with van der Waals surface area (Å²) < 4.78 is 0. The van der Waals surface area contributed by atoms with Crippen molar-refractivity contribution in [2.75, 3.05) is 13.1 Å². The van der Waals surface area contributed by atoms with Gasteiger partial charge in [-0.15, -0.1) is 11.6 Å². The van der Waals surface area contributed by atoms with Gasteiger partial charge in [0.1, 0.15) is 5.78 Å². The molecular weight excluding hydrogens is 374 g/mol. The van der Waals surface area contributed by atoms with E-state index in [2.05, 4.69) is 23.1 Å². The summed E-state index contributed by atoms with van der Waals surface area (Å²) in [6.07, 6.45) is 8.42. The van der Waals surface area contributed by atoms with Gasteiger partial charge in [-0.1, -0.05) is 48.9 Å². The number of carboxylic acids is 1. The number of ketones is 1. The average molecular weight is 406 g/mol. The Morgan fingerprint density at radius 3 is 2.86 bits per heavy atom. The van der Waals surface area contributed by atoms with E-state index in [4.69, 9.17) is 16.7 Å². The zero-order valence-corrected chi connectivity index (χ0v) is 17.7. The predicted octanol–water partition coefficient (Wildman–Crippen LogP) is 4.63. The minimum Gasteiger partial charge on any atom is -0.481 e. The molecule has 0 bridgehead atoms. The highest BCUT2D eigenvalue weighted by Crippen LogP contribution is 2.26. The smallest absolute Gasteiger partial charge is 0.306 e. The Hall–Kier alpha value is -1.65. The molecule has 0 aromatic heterocycles. The molecule has 1 saturated heterocycles. The van der Waals surface area contributed by atoms with E-state index in [0.717, 1.165) is 37.9 Å². The number of rotatable bonds is 11. The maximum absolute atomic E-state index is 12.4. The minimum absolute atomic E-state index is 0.106. The Bertz CT molecular complexity index is 688. The number of alkyl halides is 1. The molecule has 0 aliphatic carbocycles. The second kappa shape index (κ2) is 11.4. The van der Waals surface area contributed by atoms with Gasteiger partial charge < -0.3 is 5.11 Å². The highest BCUT2D eigenvalue weighted by molar-refractivity contribution is 6.21. The Morgan fingerprint density at radius 2 is 2.14 bits per heavy atom. The van der Waals surface area contributed by atoms with Gasteiger partial charge in [0.15, 0.2) is 0 Å². The van der Waals surface area contributed by atoms with Crippen molar-refractivity contribution in [2.24, 2.45) is 5.92 Å². The molecule has 2 rings (SSSR count). The molecule has 1 aromatic carbocycles. The molecule has 1 aliphatic rings. The highest BCUT2D eigenvalue weighted by Gasteiger charge is 2.31. The molecule has 28 heavy (non-hydrogen) atoms. The number of hydrogen-bond acceptors (Lipinski definition) is 3. The summed E-state index contributed by atoms with van der Waals surface area (Å²) >= 11 is 6.50. The van der Waals surface area contributed by atoms with E-state index in [9.17, 15) is 9.59 Å². The van der Waals surface area contributed by atoms with Crippen LogP contribution in [0.15, 0.2) is 36.4 Å². The lowest BCUT2D eigenvalue weighted by Crippen LogP contribution is -2.34. The fraction of sp³-hybridized carbons (Fsp3) is 0.565. The van der Waals surface area contributed by atoms with Crippen LogP contribution in [-0.2, 0) is 16.0 Å². The van der Waals surface area contributed by atoms with Crippen molar-refractivity contribution < 1.29 is 14.7 Å². The van der Waals surface area contributed by atoms with Crippen molar-refractivity contribution in [3.05, 3.63) is 47.5 Å². The molecule has 1 heterocycles. The van der Waals surface area contributed by atoms with Crippen molar-refractivity contribution >= 4 is 23.4 Å². The number of Topliss-reactive ketones (excluding diaryl/α,β-unsaturated/α-hetero) is 1. The Labute approximate surface area is 173 Å². The second-order valence-electron chi connectivity index (χ2n) is 7.89. The summed E-state index contributed by atoms with van der Waals surface area (Å²) in [5.41, 5.74) is 2.26. The van der Waals surface area contributed by atoms with Gasteiger partial charge in [0.2, 0.25) is 0 Å². The van der Waals surface area contributed by atoms with Crippen LogP contribution in [0.1, 0.15) is 50.2 Å². The summed E-state index contributed by atoms with van der Waals surface area (Å²) in [6.45, 7) is 5.46. The Morgan fingerprint density at radius 1 is 1.36 bits per heavy atom. The van der Waals surface area contributed by atoms with Crippen molar-refractivity contribution in [2.45, 2.75) is 63.8 Å². The second-order valence-corrected chi connectivity index (χ2v) is 8.45. The van der Waals surface area contributed by atoms with E-state index in [1.807, 2.05) is 25.1 Å². The quantitative estimate of drug-likeness (QED) is 0.431. The lowest BCUT2D eigenvalue weighted by Gasteiger charge is -2.24. The van der Waals surface area contributed by atoms with Gasteiger partial charge in [0, 0.05) is 25.4 Å². The zero-order chi connectivity index (χ0) is 20.5. The van der Waals surface area contributed by atoms with Gasteiger partial charge in [-0.25, -0.2) is 0 Å². The zero-order valence-electron chi connectivity index (χ0n) is 16.9. The summed E-state index contributed by atoms with van der Waals surface area (Å²) in [7, 11) is 0. The monoisotopic (exact) mass is 405 g/mol. The number of benzene rings is 1. The predicted molar refractivity (Wildman–Crippen MR) is 114 cm³/mol. The van der Waals surface area contributed by atoms with E-state index < -0.39 is 5.97 Å². The van der Waals surface area contributed by atoms with Crippen LogP contribution < -0.4 is 0 Å². The SMILES string of the molecule is Cc1cccc(CC(=O)CCN2CC[C@@H](Cl)[C@@H]2CC=CCCC(C)C(=O)O)c1. The third kappa shape index (κ3) is 7.40. The van der Waals surface area contributed by atoms with Crippen LogP contribution in [0.3, 0.4) is 0 Å². The number of aryl methyl sites for hydroxylation is 1. The lowest BCUT2D eigenvalue weighted by atomic mass is 10.0. The van der Waals surface area contributed by atoms with Crippen LogP contribution >= 0.6 is 11.6 Å². The van der Waals surface area contributed by atoms with Crippen molar-refractivity contribution in [1.82, 2.24) is 4.90 Å². The minimum atomic E-state index is -0.744. The van der Waals surface area contributed by atoms with Crippen molar-refractivity contribution in [1.29, 1.82) is 0 Å². The first-order chi connectivity index (χ1) is 13.4. The fourth-order valence-electron chi connectivity index (χ4n) is 3.68. The lowest BCUT2D eigenvalue weighted by molar-refractivity contribution is -0.141. The number of likely N-dealkylation sites (tertiary alicyclic amines) is 1. The molecule has 4 nitrogen and oxygen atoms in total. The Balaban J connectivity index is 1.75. The third-order valence-corrected chi connectivity index (χ3v) is 5.98. The van der Waals surface area contributed by atoms with Gasteiger partial charge in [-0.2, -0.15) is 0 Å². The number of hydrogen-bond donors (Lipinski definition) is 1. The first-order valence-electron chi connectivity index (χ1n) is 10.2. The number of carboxylic acid groups (broad SMARTS) is 1. The molecule has 1 aliphatic heterocycles. The van der Waals surface area contributed by atoms with Crippen LogP contribution in [-0.4, -0.2) is 46.3 Å². The number of halogens is 1. The average Bonchev–Trinajstić information content (AvgIpc) is 2.99. The van der Waals surface area contributed by atoms with Crippen LogP contribution in [0, 0.1) is 12.8 Å². The highest BCUT2D eigenvalue weighted by atomic mass is 35.5. The molecule has 0 spiro atoms. The third-order valence-electron chi connectivity index (χ3n) is 5.47. The molecule has 154 valence electrons. The molecular formula is C23H32ClNO3. The summed E-state index contributed by atoms with van der Waals surface area (Å²) in [5.74, 6) is -0.792. The standard InChI is InChI=1S/C23H32ClNO3/c1-17-7-6-9-19(15-17)16-20(26)11-13-25-14-12-21(24)22(25)10-5-3-4-8-18(2)23(27)28/h3,5-7,9,15,18,21-22H,4,8,10-14,16H2,1-2H3,(H,27,28)/t18?,21-,22+/m1/s1. The maximum atomic E-state index is 12.4. The number of allylic oxidation sites excluding steroid dienone is 1. The Kier molecular flexibility index (Phi) is 9.20. The van der Waals surface area contributed by atoms with Crippen molar-refractivity contribution in [3.63, 3.8) is 0 Å². The summed E-state index contributed by atoms with van der Waals surface area (Å²) in [5, 5.41) is 9.02. The molecule has 1 unspecified atom stereocenters. The van der Waals surface area contributed by atoms with Crippen LogP contribution in [0.4, 0.5) is 0 Å². The number of carbonyl (C=O) groups is 2. The van der Waals surface area contributed by atoms with Gasteiger partial charge in [0.25, 0.3) is 0 Å². The normalized spacial score (nSPS) is 21.2. The first-order valence-corrected chi connectivity index (χ1v) is 10.6. The molecule has 0 radical (unpaired) electrons. The van der Waals surface area contributed by atoms with Crippen LogP contribution in [0.5, 0.6) is 0 Å². The van der Waals surface area contributed by atoms with Crippen molar-refractivity contribution in [3.8, 4) is 0 Å². The van der Waals surface area contributed by atoms with E-state index in [0.29, 0.717) is 19.3 Å². The molecule has 0 amide bonds. The molecule has 5 heteroatoms. The summed E-state index contributed by atoms with van der Waals surface area (Å²) in [4.78, 5) is 25.5. The molecule has 3 atom stereocenters. The molecule has 0 saturated carbocycles. The van der Waals surface area contributed by atoms with E-state index in [1.54, 1.807) is 6.92 Å². The largest absolute Gasteiger partial charge is 0.481 e. The van der Waals surface area contributed by atoms with Gasteiger partial charge in [0.05, 0.1) is 11.3 Å². The van der Waals surface area contributed by atoms with E-state index >= 15 is 0 Å². The van der Waals surface area contributed by atoms with Crippen LogP contribution in [0.25, 0.3) is 0 Å². The van der Waals surface area contributed by atoms with Crippen LogP contribution in [0.2, 0.25) is 0 Å². The number of nitrogens with zero attached hydrogens (tertiary/aromatic N) is 1. The van der Waals surface area contributed by atoms with E-state index in [-0.39, 0.29) is 23.1 Å². The number of aliphatic carboxylic acids is 1. The molecule has 1 fully saturated rings. The first kappa shape index (κ1) is 22.6. The maximum Gasteiger partial charge on any atom is 0.306 e. The fourth-order valence-corrected chi connectivity index (χ4v) is 4.04. The van der Waals surface area contributed by atoms with Gasteiger partial charge in [-0.05, 0) is 44.7 Å². The summed E-state index contributed by atoms with van der Waals surface area (Å²) in [6, 6.07) is 8.37. The van der Waals surface area contributed by atoms with E-state index in [1.165, 1.54) is 5.56 Å². The topological polar surface area (TPSA) is 57.6 Å².